The van der Waals surface area contributed by atoms with Gasteiger partial charge < -0.3 is 15.1 Å². The van der Waals surface area contributed by atoms with Crippen LogP contribution in [-0.4, -0.2) is 25.5 Å². The van der Waals surface area contributed by atoms with E-state index < -0.39 is 0 Å². The molecule has 9 heteroatoms. The van der Waals surface area contributed by atoms with Crippen molar-refractivity contribution in [1.29, 1.82) is 0 Å². The smallest absolute Gasteiger partial charge is 0.316 e. The van der Waals surface area contributed by atoms with Crippen LogP contribution in [0, 0.1) is 12.7 Å². The van der Waals surface area contributed by atoms with Gasteiger partial charge in [0.25, 0.3) is 5.91 Å². The molecule has 0 spiro atoms. The molecule has 0 aliphatic rings. The first kappa shape index (κ1) is 21.3. The molecule has 3 heterocycles. The van der Waals surface area contributed by atoms with E-state index in [-0.39, 0.29) is 23.8 Å². The number of carbonyl (C=O) groups excluding carboxylic acids is 1. The molecule has 1 atom stereocenters. The van der Waals surface area contributed by atoms with Crippen LogP contribution in [0.4, 0.5) is 16.1 Å². The van der Waals surface area contributed by atoms with Crippen molar-refractivity contribution >= 4 is 23.3 Å². The Morgan fingerprint density at radius 3 is 2.74 bits per heavy atom. The first-order valence-electron chi connectivity index (χ1n) is 10.7. The predicted molar refractivity (Wildman–Crippen MR) is 126 cm³/mol. The number of amides is 1. The molecule has 0 saturated carbocycles. The molecule has 3 aromatic heterocycles. The van der Waals surface area contributed by atoms with Crippen LogP contribution >= 0.6 is 0 Å². The van der Waals surface area contributed by atoms with Gasteiger partial charge in [0.1, 0.15) is 17.2 Å². The van der Waals surface area contributed by atoms with Crippen molar-refractivity contribution in [3.8, 4) is 11.5 Å². The number of anilines is 2. The average molecular weight is 456 g/mol. The summed E-state index contributed by atoms with van der Waals surface area (Å²) < 4.78 is 20.7. The third kappa shape index (κ3) is 4.23. The normalized spacial score (nSPS) is 12.0. The van der Waals surface area contributed by atoms with E-state index in [1.165, 1.54) is 12.1 Å². The first-order valence-corrected chi connectivity index (χ1v) is 10.7. The van der Waals surface area contributed by atoms with Crippen LogP contribution in [0.5, 0.6) is 0 Å². The molecule has 2 aromatic carbocycles. The summed E-state index contributed by atoms with van der Waals surface area (Å²) in [6.07, 6.45) is 3.34. The van der Waals surface area contributed by atoms with Crippen molar-refractivity contribution < 1.29 is 13.6 Å². The Kier molecular flexibility index (Phi) is 5.51. The van der Waals surface area contributed by atoms with Gasteiger partial charge in [0, 0.05) is 17.4 Å². The maximum atomic E-state index is 13.2. The fraction of sp³-hybridized carbons (Fsp3) is 0.120. The second-order valence-electron chi connectivity index (χ2n) is 7.89. The van der Waals surface area contributed by atoms with Crippen LogP contribution in [-0.2, 0) is 0 Å². The van der Waals surface area contributed by atoms with Gasteiger partial charge in [-0.05, 0) is 61.4 Å². The number of halogens is 1. The molecule has 2 N–H and O–H groups in total. The Balaban J connectivity index is 1.34. The van der Waals surface area contributed by atoms with Crippen molar-refractivity contribution in [2.24, 2.45) is 0 Å². The van der Waals surface area contributed by atoms with Gasteiger partial charge >= 0.3 is 6.01 Å². The van der Waals surface area contributed by atoms with Crippen LogP contribution < -0.4 is 10.6 Å². The molecule has 5 aromatic rings. The SMILES string of the molecule is Cc1ccc(-c2nnc(NC(C)c3ccc(F)cc3)o2)cc1NC(=O)c1cnc2ccccn12. The second-order valence-corrected chi connectivity index (χ2v) is 7.89. The predicted octanol–water partition coefficient (Wildman–Crippen LogP) is 5.26. The first-order chi connectivity index (χ1) is 16.5. The minimum atomic E-state index is -0.292. The van der Waals surface area contributed by atoms with E-state index in [1.54, 1.807) is 35.0 Å². The highest BCUT2D eigenvalue weighted by molar-refractivity contribution is 6.04. The molecule has 5 rings (SSSR count). The molecule has 0 fully saturated rings. The fourth-order valence-electron chi connectivity index (χ4n) is 3.59. The van der Waals surface area contributed by atoms with Gasteiger partial charge in [0.05, 0.1) is 12.2 Å². The molecule has 34 heavy (non-hydrogen) atoms. The summed E-state index contributed by atoms with van der Waals surface area (Å²) in [6, 6.07) is 17.3. The average Bonchev–Trinajstić information content (AvgIpc) is 3.48. The van der Waals surface area contributed by atoms with Crippen molar-refractivity contribution in [2.45, 2.75) is 19.9 Å². The van der Waals surface area contributed by atoms with Crippen LogP contribution in [0.2, 0.25) is 0 Å². The molecule has 0 radical (unpaired) electrons. The van der Waals surface area contributed by atoms with Crippen LogP contribution in [0.3, 0.4) is 0 Å². The summed E-state index contributed by atoms with van der Waals surface area (Å²) in [5.41, 5.74) is 4.18. The van der Waals surface area contributed by atoms with Crippen molar-refractivity contribution in [1.82, 2.24) is 19.6 Å². The fourth-order valence-corrected chi connectivity index (χ4v) is 3.59. The Morgan fingerprint density at radius 2 is 1.91 bits per heavy atom. The molecular weight excluding hydrogens is 435 g/mol. The van der Waals surface area contributed by atoms with E-state index in [0.29, 0.717) is 28.5 Å². The maximum absolute atomic E-state index is 13.2. The second kappa shape index (κ2) is 8.78. The lowest BCUT2D eigenvalue weighted by molar-refractivity contribution is 0.102. The monoisotopic (exact) mass is 456 g/mol. The highest BCUT2D eigenvalue weighted by Crippen LogP contribution is 2.27. The maximum Gasteiger partial charge on any atom is 0.316 e. The number of hydrogen-bond donors (Lipinski definition) is 2. The van der Waals surface area contributed by atoms with Crippen molar-refractivity contribution in [3.63, 3.8) is 0 Å². The number of nitrogens with zero attached hydrogens (tertiary/aromatic N) is 4. The molecule has 170 valence electrons. The zero-order valence-electron chi connectivity index (χ0n) is 18.5. The number of nitrogens with one attached hydrogen (secondary N) is 2. The summed E-state index contributed by atoms with van der Waals surface area (Å²) in [6.45, 7) is 3.82. The van der Waals surface area contributed by atoms with E-state index in [2.05, 4.69) is 25.8 Å². The summed E-state index contributed by atoms with van der Waals surface area (Å²) >= 11 is 0. The zero-order chi connectivity index (χ0) is 23.7. The highest BCUT2D eigenvalue weighted by atomic mass is 19.1. The number of hydrogen-bond acceptors (Lipinski definition) is 6. The Hall–Kier alpha value is -4.53. The lowest BCUT2D eigenvalue weighted by Gasteiger charge is -2.12. The largest absolute Gasteiger partial charge is 0.403 e. The van der Waals surface area contributed by atoms with Crippen LogP contribution in [0.25, 0.3) is 17.1 Å². The van der Waals surface area contributed by atoms with Gasteiger partial charge in [-0.3, -0.25) is 9.20 Å². The summed E-state index contributed by atoms with van der Waals surface area (Å²) in [5.74, 6) is -0.265. The van der Waals surface area contributed by atoms with Crippen molar-refractivity contribution in [2.75, 3.05) is 10.6 Å². The third-order valence-electron chi connectivity index (χ3n) is 5.52. The van der Waals surface area contributed by atoms with Gasteiger partial charge in [0.15, 0.2) is 0 Å². The number of fused-ring (bicyclic) bond motifs is 1. The van der Waals surface area contributed by atoms with Gasteiger partial charge in [-0.25, -0.2) is 9.37 Å². The molecule has 0 saturated heterocycles. The summed E-state index contributed by atoms with van der Waals surface area (Å²) in [4.78, 5) is 17.2. The number of rotatable bonds is 6. The summed E-state index contributed by atoms with van der Waals surface area (Å²) in [7, 11) is 0. The third-order valence-corrected chi connectivity index (χ3v) is 5.52. The molecule has 0 aliphatic carbocycles. The van der Waals surface area contributed by atoms with Gasteiger partial charge in [-0.2, -0.15) is 0 Å². The number of imidazole rings is 1. The lowest BCUT2D eigenvalue weighted by atomic mass is 10.1. The minimum Gasteiger partial charge on any atom is -0.403 e. The Bertz CT molecular complexity index is 1470. The lowest BCUT2D eigenvalue weighted by Crippen LogP contribution is -2.15. The van der Waals surface area contributed by atoms with Crippen LogP contribution in [0.1, 0.15) is 34.6 Å². The van der Waals surface area contributed by atoms with Crippen molar-refractivity contribution in [3.05, 3.63) is 95.7 Å². The number of aromatic nitrogens is 4. The number of pyridine rings is 1. The quantitative estimate of drug-likeness (QED) is 0.362. The topological polar surface area (TPSA) is 97.4 Å². The molecule has 1 amide bonds. The van der Waals surface area contributed by atoms with E-state index in [1.807, 2.05) is 44.2 Å². The van der Waals surface area contributed by atoms with Crippen LogP contribution in [0.15, 0.2) is 77.5 Å². The number of benzene rings is 2. The van der Waals surface area contributed by atoms with Gasteiger partial charge in [-0.1, -0.05) is 29.4 Å². The molecule has 0 bridgehead atoms. The zero-order valence-corrected chi connectivity index (χ0v) is 18.5. The summed E-state index contributed by atoms with van der Waals surface area (Å²) in [5, 5.41) is 14.2. The van der Waals surface area contributed by atoms with E-state index in [9.17, 15) is 9.18 Å². The highest BCUT2D eigenvalue weighted by Gasteiger charge is 2.16. The molecule has 8 nitrogen and oxygen atoms in total. The Labute approximate surface area is 194 Å². The van der Waals surface area contributed by atoms with Gasteiger partial charge in [0.2, 0.25) is 5.89 Å². The number of aryl methyl sites for hydroxylation is 1. The Morgan fingerprint density at radius 1 is 1.09 bits per heavy atom. The minimum absolute atomic E-state index is 0.160. The van der Waals surface area contributed by atoms with E-state index in [0.717, 1.165) is 11.1 Å². The number of carbonyl (C=O) groups is 1. The molecule has 1 unspecified atom stereocenters. The molecule has 0 aliphatic heterocycles. The van der Waals surface area contributed by atoms with E-state index >= 15 is 0 Å². The van der Waals surface area contributed by atoms with Gasteiger partial charge in [-0.15, -0.1) is 5.10 Å². The standard InChI is InChI=1S/C25H21FN6O2/c1-15-6-7-18(13-20(15)29-23(33)21-14-27-22-5-3-4-12-32(21)22)24-30-31-25(34-24)28-16(2)17-8-10-19(26)11-9-17/h3-14,16H,1-2H3,(H,28,31)(H,29,33). The molecular formula is C25H21FN6O2. The van der Waals surface area contributed by atoms with E-state index in [4.69, 9.17) is 4.42 Å².